The summed E-state index contributed by atoms with van der Waals surface area (Å²) in [6.07, 6.45) is 4.65. The van der Waals surface area contributed by atoms with Crippen LogP contribution in [0.1, 0.15) is 68.4 Å². The zero-order valence-corrected chi connectivity index (χ0v) is 31.5. The maximum absolute atomic E-state index is 15.3. The molecule has 1 atom stereocenters. The number of ether oxygens (including phenoxy) is 1. The van der Waals surface area contributed by atoms with Gasteiger partial charge in [-0.25, -0.2) is 36.3 Å². The number of sulfonamides is 1. The molecule has 288 valence electrons. The number of hydrogen-bond acceptors (Lipinski definition) is 9. The number of anilines is 2. The van der Waals surface area contributed by atoms with Gasteiger partial charge in [-0.1, -0.05) is 46.6 Å². The van der Waals surface area contributed by atoms with Crippen LogP contribution in [0.2, 0.25) is 0 Å². The Hall–Kier alpha value is -5.71. The number of carbonyl (C=O) groups is 3. The fourth-order valence-electron chi connectivity index (χ4n) is 5.02. The van der Waals surface area contributed by atoms with Gasteiger partial charge in [-0.05, 0) is 55.3 Å². The Morgan fingerprint density at radius 3 is 2.28 bits per heavy atom. The number of carbonyl (C=O) groups excluding carboxylic acids is 3. The second kappa shape index (κ2) is 17.0. The number of esters is 1. The molecule has 0 fully saturated rings. The molecule has 0 radical (unpaired) electrons. The van der Waals surface area contributed by atoms with Crippen LogP contribution in [0.4, 0.5) is 20.2 Å². The summed E-state index contributed by atoms with van der Waals surface area (Å²) in [5.74, 6) is -4.91. The van der Waals surface area contributed by atoms with Crippen molar-refractivity contribution < 1.29 is 36.3 Å². The lowest BCUT2D eigenvalue weighted by molar-refractivity contribution is -0.146. The number of aromatic nitrogens is 3. The maximum Gasteiger partial charge on any atom is 0.336 e. The highest BCUT2D eigenvalue weighted by molar-refractivity contribution is 7.92. The number of unbranched alkanes of at least 4 members (excludes halogenated alkanes) is 2. The van der Waals surface area contributed by atoms with Gasteiger partial charge in [0.1, 0.15) is 23.5 Å². The standard InChI is InChI=1S/C37H42F2N6O8S/c1-7-8-9-16-53-34(48)30(17-23-10-15-31(40-20-23)45-33(47)22(2)21-44(6)36(45)50)42-32(46)26-18-28(39)29(19-27(26)38)43-54(51,52)25-13-11-24(12-14-25)41-35(49)37(3,4)5/h10-15,18-21,30,43H,7-9,16-17H2,1-6H3,(H,41,49)(H,42,46)/t30-/m0/s1. The molecule has 2 aromatic carbocycles. The average molecular weight is 769 g/mol. The van der Waals surface area contributed by atoms with Crippen molar-refractivity contribution in [3.63, 3.8) is 0 Å². The van der Waals surface area contributed by atoms with Crippen LogP contribution in [0.5, 0.6) is 0 Å². The summed E-state index contributed by atoms with van der Waals surface area (Å²) in [7, 11) is -2.96. The van der Waals surface area contributed by atoms with Gasteiger partial charge in [-0.2, -0.15) is 0 Å². The molecular formula is C37H42F2N6O8S. The monoisotopic (exact) mass is 768 g/mol. The molecule has 0 spiro atoms. The molecule has 3 N–H and O–H groups in total. The molecule has 0 aliphatic heterocycles. The predicted octanol–water partition coefficient (Wildman–Crippen LogP) is 4.38. The minimum atomic E-state index is -4.44. The molecule has 2 aromatic heterocycles. The van der Waals surface area contributed by atoms with Crippen molar-refractivity contribution in [3.8, 4) is 5.82 Å². The van der Waals surface area contributed by atoms with E-state index in [0.717, 1.165) is 17.4 Å². The lowest BCUT2D eigenvalue weighted by Crippen LogP contribution is -2.44. The number of amides is 2. The van der Waals surface area contributed by atoms with Gasteiger partial charge in [0.05, 0.1) is 22.8 Å². The predicted molar refractivity (Wildman–Crippen MR) is 197 cm³/mol. The van der Waals surface area contributed by atoms with Crippen molar-refractivity contribution in [2.75, 3.05) is 16.6 Å². The molecule has 2 amide bonds. The van der Waals surface area contributed by atoms with Crippen LogP contribution < -0.4 is 26.6 Å². The van der Waals surface area contributed by atoms with E-state index in [4.69, 9.17) is 4.74 Å². The largest absolute Gasteiger partial charge is 0.464 e. The summed E-state index contributed by atoms with van der Waals surface area (Å²) in [5.41, 5.74) is -2.50. The SMILES string of the molecule is CCCCCOC(=O)[C@H](Cc1ccc(-n2c(=O)c(C)cn(C)c2=O)nc1)NC(=O)c1cc(F)c(NS(=O)(=O)c2ccc(NC(=O)C(C)(C)C)cc2)cc1F. The van der Waals surface area contributed by atoms with E-state index in [2.05, 4.69) is 15.6 Å². The number of rotatable bonds is 14. The Kier molecular flexibility index (Phi) is 12.9. The molecule has 0 bridgehead atoms. The fourth-order valence-corrected chi connectivity index (χ4v) is 6.08. The van der Waals surface area contributed by atoms with Gasteiger partial charge in [-0.3, -0.25) is 19.1 Å². The minimum Gasteiger partial charge on any atom is -0.464 e. The number of aryl methyl sites for hydroxylation is 2. The number of halogens is 2. The Morgan fingerprint density at radius 1 is 0.981 bits per heavy atom. The first kappa shape index (κ1) is 41.1. The third-order valence-electron chi connectivity index (χ3n) is 8.13. The Labute approximate surface area is 310 Å². The molecule has 54 heavy (non-hydrogen) atoms. The van der Waals surface area contributed by atoms with Gasteiger partial charge >= 0.3 is 11.7 Å². The van der Waals surface area contributed by atoms with Gasteiger partial charge < -0.3 is 19.9 Å². The van der Waals surface area contributed by atoms with Gasteiger partial charge in [0.25, 0.3) is 21.5 Å². The molecule has 0 aliphatic carbocycles. The first-order chi connectivity index (χ1) is 25.3. The van der Waals surface area contributed by atoms with E-state index >= 15 is 8.78 Å². The quantitative estimate of drug-likeness (QED) is 0.124. The molecule has 17 heteroatoms. The zero-order chi connectivity index (χ0) is 40.0. The molecule has 0 unspecified atom stereocenters. The third kappa shape index (κ3) is 10.0. The van der Waals surface area contributed by atoms with Gasteiger partial charge in [-0.15, -0.1) is 0 Å². The molecule has 0 saturated carbocycles. The number of nitrogens with zero attached hydrogens (tertiary/aromatic N) is 3. The van der Waals surface area contributed by atoms with Crippen molar-refractivity contribution in [3.05, 3.63) is 110 Å². The van der Waals surface area contributed by atoms with E-state index in [0.29, 0.717) is 35.4 Å². The number of nitrogens with one attached hydrogen (secondary N) is 3. The van der Waals surface area contributed by atoms with Crippen LogP contribution in [0.15, 0.2) is 75.4 Å². The molecule has 0 saturated heterocycles. The Morgan fingerprint density at radius 2 is 1.67 bits per heavy atom. The summed E-state index contributed by atoms with van der Waals surface area (Å²) in [4.78, 5) is 67.9. The highest BCUT2D eigenvalue weighted by Gasteiger charge is 2.27. The van der Waals surface area contributed by atoms with Crippen LogP contribution in [0, 0.1) is 24.0 Å². The minimum absolute atomic E-state index is 0.0191. The summed E-state index contributed by atoms with van der Waals surface area (Å²) in [6, 6.07) is 7.48. The van der Waals surface area contributed by atoms with Crippen molar-refractivity contribution in [2.45, 2.75) is 71.2 Å². The number of hydrogen-bond donors (Lipinski definition) is 3. The average Bonchev–Trinajstić information content (AvgIpc) is 3.10. The van der Waals surface area contributed by atoms with E-state index in [9.17, 15) is 32.4 Å². The highest BCUT2D eigenvalue weighted by Crippen LogP contribution is 2.25. The molecule has 0 aliphatic rings. The summed E-state index contributed by atoms with van der Waals surface area (Å²) < 4.78 is 66.0. The van der Waals surface area contributed by atoms with Crippen LogP contribution in [-0.2, 0) is 37.8 Å². The second-order valence-corrected chi connectivity index (χ2v) is 15.3. The lowest BCUT2D eigenvalue weighted by Gasteiger charge is -2.19. The first-order valence-electron chi connectivity index (χ1n) is 17.0. The second-order valence-electron chi connectivity index (χ2n) is 13.6. The molecule has 4 aromatic rings. The van der Waals surface area contributed by atoms with E-state index in [1.807, 2.05) is 11.6 Å². The van der Waals surface area contributed by atoms with Gasteiger partial charge in [0.15, 0.2) is 0 Å². The van der Waals surface area contributed by atoms with E-state index in [1.165, 1.54) is 60.4 Å². The summed E-state index contributed by atoms with van der Waals surface area (Å²) in [5, 5.41) is 5.02. The molecule has 4 rings (SSSR count). The zero-order valence-electron chi connectivity index (χ0n) is 30.7. The van der Waals surface area contributed by atoms with Crippen LogP contribution in [-0.4, -0.2) is 53.0 Å². The summed E-state index contributed by atoms with van der Waals surface area (Å²) in [6.45, 7) is 8.67. The van der Waals surface area contributed by atoms with E-state index in [1.54, 1.807) is 27.7 Å². The molecule has 14 nitrogen and oxygen atoms in total. The number of benzene rings is 2. The van der Waals surface area contributed by atoms with Crippen molar-refractivity contribution in [1.29, 1.82) is 0 Å². The topological polar surface area (TPSA) is 188 Å². The normalized spacial score (nSPS) is 12.1. The van der Waals surface area contributed by atoms with E-state index in [-0.39, 0.29) is 29.6 Å². The highest BCUT2D eigenvalue weighted by atomic mass is 32.2. The Balaban J connectivity index is 1.54. The van der Waals surface area contributed by atoms with Crippen LogP contribution in [0.3, 0.4) is 0 Å². The third-order valence-corrected chi connectivity index (χ3v) is 9.51. The van der Waals surface area contributed by atoms with Crippen molar-refractivity contribution in [1.82, 2.24) is 19.4 Å². The van der Waals surface area contributed by atoms with Gasteiger partial charge in [0.2, 0.25) is 5.91 Å². The van der Waals surface area contributed by atoms with Crippen molar-refractivity contribution in [2.24, 2.45) is 12.5 Å². The van der Waals surface area contributed by atoms with Crippen LogP contribution in [0.25, 0.3) is 5.82 Å². The summed E-state index contributed by atoms with van der Waals surface area (Å²) >= 11 is 0. The molecular weight excluding hydrogens is 727 g/mol. The maximum atomic E-state index is 15.3. The van der Waals surface area contributed by atoms with Crippen molar-refractivity contribution >= 4 is 39.2 Å². The first-order valence-corrected chi connectivity index (χ1v) is 18.5. The Bertz CT molecular complexity index is 2230. The van der Waals surface area contributed by atoms with E-state index < -0.39 is 67.5 Å². The van der Waals surface area contributed by atoms with Gasteiger partial charge in [0, 0.05) is 48.6 Å². The van der Waals surface area contributed by atoms with Crippen LogP contribution >= 0.6 is 0 Å². The number of pyridine rings is 1. The fraction of sp³-hybridized carbons (Fsp3) is 0.351. The lowest BCUT2D eigenvalue weighted by atomic mass is 9.95. The smallest absolute Gasteiger partial charge is 0.336 e. The molecule has 2 heterocycles.